The molecule has 0 aromatic heterocycles. The molecule has 0 fully saturated rings. The van der Waals surface area contributed by atoms with Gasteiger partial charge in [0.05, 0.1) is 0 Å². The molecule has 25 heavy (non-hydrogen) atoms. The lowest BCUT2D eigenvalue weighted by Crippen LogP contribution is -2.33. The molecule has 0 aliphatic carbocycles. The van der Waals surface area contributed by atoms with Crippen LogP contribution in [0.4, 0.5) is 8.78 Å². The first-order valence-electron chi connectivity index (χ1n) is 7.57. The van der Waals surface area contributed by atoms with Crippen LogP contribution >= 0.6 is 28.3 Å². The Morgan fingerprint density at radius 3 is 2.08 bits per heavy atom. The molecule has 136 valence electrons. The quantitative estimate of drug-likeness (QED) is 0.718. The molecule has 2 aromatic rings. The molecule has 0 radical (unpaired) electrons. The van der Waals surface area contributed by atoms with E-state index < -0.39 is 29.1 Å². The molecule has 0 bridgehead atoms. The average Bonchev–Trinajstić information content (AvgIpc) is 2.51. The highest BCUT2D eigenvalue weighted by Gasteiger charge is 2.19. The molecule has 7 heteroatoms. The van der Waals surface area contributed by atoms with Gasteiger partial charge < -0.3 is 11.1 Å². The summed E-state index contributed by atoms with van der Waals surface area (Å²) in [6.07, 6.45) is 0. The number of hydrogen-bond donors (Lipinski definition) is 2. The summed E-state index contributed by atoms with van der Waals surface area (Å²) >= 11 is 2.97. The average molecular weight is 434 g/mol. The number of halogens is 4. The molecule has 3 N–H and O–H groups in total. The van der Waals surface area contributed by atoms with Gasteiger partial charge in [0.25, 0.3) is 5.91 Å². The first-order chi connectivity index (χ1) is 11.3. The van der Waals surface area contributed by atoms with E-state index in [2.05, 4.69) is 35.1 Å². The monoisotopic (exact) mass is 432 g/mol. The third kappa shape index (κ3) is 5.49. The molecule has 3 nitrogen and oxygen atoms in total. The topological polar surface area (TPSA) is 55.1 Å². The molecule has 2 aromatic carbocycles. The minimum absolute atomic E-state index is 0. The maximum atomic E-state index is 13.8. The fourth-order valence-corrected chi connectivity index (χ4v) is 2.70. The van der Waals surface area contributed by atoms with Gasteiger partial charge in [0.1, 0.15) is 17.2 Å². The molecule has 1 atom stereocenters. The zero-order chi connectivity index (χ0) is 17.9. The molecule has 1 unspecified atom stereocenters. The van der Waals surface area contributed by atoms with E-state index in [1.54, 1.807) is 0 Å². The Hall–Kier alpha value is -1.50. The largest absolute Gasteiger partial charge is 0.350 e. The summed E-state index contributed by atoms with van der Waals surface area (Å²) in [5, 5.41) is 2.48. The van der Waals surface area contributed by atoms with Crippen LogP contribution in [0.25, 0.3) is 0 Å². The Morgan fingerprint density at radius 2 is 1.60 bits per heavy atom. The van der Waals surface area contributed by atoms with Crippen LogP contribution in [0.1, 0.15) is 47.3 Å². The van der Waals surface area contributed by atoms with Crippen molar-refractivity contribution in [2.75, 3.05) is 6.54 Å². The van der Waals surface area contributed by atoms with Crippen LogP contribution in [0.15, 0.2) is 40.9 Å². The van der Waals surface area contributed by atoms with Gasteiger partial charge in [-0.1, -0.05) is 54.0 Å². The predicted molar refractivity (Wildman–Crippen MR) is 101 cm³/mol. The highest BCUT2D eigenvalue weighted by atomic mass is 79.9. The van der Waals surface area contributed by atoms with E-state index in [0.717, 1.165) is 17.7 Å². The van der Waals surface area contributed by atoms with E-state index in [4.69, 9.17) is 5.73 Å². The van der Waals surface area contributed by atoms with Crippen LogP contribution in [-0.2, 0) is 0 Å². The first-order valence-corrected chi connectivity index (χ1v) is 8.37. The summed E-state index contributed by atoms with van der Waals surface area (Å²) in [5.41, 5.74) is 7.46. The summed E-state index contributed by atoms with van der Waals surface area (Å²) in [6, 6.07) is 9.38. The summed E-state index contributed by atoms with van der Waals surface area (Å²) in [7, 11) is 0. The van der Waals surface area contributed by atoms with Crippen molar-refractivity contribution in [3.63, 3.8) is 0 Å². The molecule has 0 saturated carbocycles. The van der Waals surface area contributed by atoms with Gasteiger partial charge in [-0.2, -0.15) is 0 Å². The second-order valence-electron chi connectivity index (χ2n) is 5.88. The standard InChI is InChI=1S/C18H19BrF2N2O.ClH/c1-10(2)11-3-5-12(6-4-11)16(22)9-23-18(24)17-14(20)7-13(19)8-15(17)21;/h3-8,10,16H,9,22H2,1-2H3,(H,23,24);1H. The number of rotatable bonds is 5. The summed E-state index contributed by atoms with van der Waals surface area (Å²) in [5.74, 6) is -2.26. The highest BCUT2D eigenvalue weighted by Crippen LogP contribution is 2.20. The minimum atomic E-state index is -0.922. The molecule has 0 heterocycles. The molecule has 0 saturated heterocycles. The smallest absolute Gasteiger partial charge is 0.257 e. The van der Waals surface area contributed by atoms with Gasteiger partial charge in [-0.15, -0.1) is 12.4 Å². The Bertz CT molecular complexity index is 715. The van der Waals surface area contributed by atoms with E-state index >= 15 is 0 Å². The Morgan fingerprint density at radius 1 is 1.12 bits per heavy atom. The maximum Gasteiger partial charge on any atom is 0.257 e. The first kappa shape index (κ1) is 21.5. The third-order valence-electron chi connectivity index (χ3n) is 3.75. The highest BCUT2D eigenvalue weighted by molar-refractivity contribution is 9.10. The number of nitrogens with two attached hydrogens (primary N) is 1. The minimum Gasteiger partial charge on any atom is -0.350 e. The van der Waals surface area contributed by atoms with Gasteiger partial charge in [0.2, 0.25) is 0 Å². The van der Waals surface area contributed by atoms with Gasteiger partial charge in [-0.25, -0.2) is 8.78 Å². The normalized spacial score (nSPS) is 11.8. The lowest BCUT2D eigenvalue weighted by molar-refractivity contribution is 0.0942. The van der Waals surface area contributed by atoms with Crippen molar-refractivity contribution in [1.82, 2.24) is 5.32 Å². The Kier molecular flexibility index (Phi) is 7.99. The lowest BCUT2D eigenvalue weighted by atomic mass is 9.99. The van der Waals surface area contributed by atoms with Crippen molar-refractivity contribution in [3.8, 4) is 0 Å². The van der Waals surface area contributed by atoms with E-state index in [9.17, 15) is 13.6 Å². The molecule has 1 amide bonds. The van der Waals surface area contributed by atoms with Gasteiger partial charge in [0, 0.05) is 17.1 Å². The fourth-order valence-electron chi connectivity index (χ4n) is 2.30. The SMILES string of the molecule is CC(C)c1ccc(C(N)CNC(=O)c2c(F)cc(Br)cc2F)cc1.Cl. The number of carbonyl (C=O) groups is 1. The zero-order valence-electron chi connectivity index (χ0n) is 13.9. The number of benzene rings is 2. The molecule has 2 rings (SSSR count). The molecule has 0 spiro atoms. The maximum absolute atomic E-state index is 13.8. The number of amides is 1. The van der Waals surface area contributed by atoms with Gasteiger partial charge >= 0.3 is 0 Å². The fraction of sp³-hybridized carbons (Fsp3) is 0.278. The summed E-state index contributed by atoms with van der Waals surface area (Å²) in [4.78, 5) is 12.0. The van der Waals surface area contributed by atoms with E-state index in [0.29, 0.717) is 5.92 Å². The molecule has 0 aliphatic rings. The van der Waals surface area contributed by atoms with E-state index in [1.807, 2.05) is 24.3 Å². The summed E-state index contributed by atoms with van der Waals surface area (Å²) < 4.78 is 27.8. The van der Waals surface area contributed by atoms with Crippen LogP contribution < -0.4 is 11.1 Å². The molecule has 0 aliphatic heterocycles. The van der Waals surface area contributed by atoms with E-state index in [1.165, 1.54) is 5.56 Å². The van der Waals surface area contributed by atoms with Crippen molar-refractivity contribution in [2.45, 2.75) is 25.8 Å². The number of hydrogen-bond acceptors (Lipinski definition) is 2. The Labute approximate surface area is 160 Å². The summed E-state index contributed by atoms with van der Waals surface area (Å²) in [6.45, 7) is 4.27. The van der Waals surface area contributed by atoms with Crippen LogP contribution in [0.5, 0.6) is 0 Å². The predicted octanol–water partition coefficient (Wildman–Crippen LogP) is 4.70. The van der Waals surface area contributed by atoms with Gasteiger partial charge in [0.15, 0.2) is 0 Å². The van der Waals surface area contributed by atoms with Gasteiger partial charge in [-0.3, -0.25) is 4.79 Å². The second kappa shape index (κ2) is 9.27. The van der Waals surface area contributed by atoms with Crippen molar-refractivity contribution in [1.29, 1.82) is 0 Å². The molecular weight excluding hydrogens is 414 g/mol. The number of carbonyl (C=O) groups excluding carboxylic acids is 1. The van der Waals surface area contributed by atoms with Crippen molar-refractivity contribution >= 4 is 34.2 Å². The van der Waals surface area contributed by atoms with Crippen molar-refractivity contribution < 1.29 is 13.6 Å². The Balaban J connectivity index is 0.00000312. The second-order valence-corrected chi connectivity index (χ2v) is 6.80. The number of nitrogens with one attached hydrogen (secondary N) is 1. The van der Waals surface area contributed by atoms with Crippen LogP contribution in [0.3, 0.4) is 0 Å². The van der Waals surface area contributed by atoms with Crippen molar-refractivity contribution in [3.05, 3.63) is 69.2 Å². The third-order valence-corrected chi connectivity index (χ3v) is 4.21. The lowest BCUT2D eigenvalue weighted by Gasteiger charge is -2.15. The van der Waals surface area contributed by atoms with E-state index in [-0.39, 0.29) is 23.4 Å². The molecular formula is C18H20BrClF2N2O. The van der Waals surface area contributed by atoms with Crippen LogP contribution in [-0.4, -0.2) is 12.5 Å². The zero-order valence-corrected chi connectivity index (χ0v) is 16.3. The van der Waals surface area contributed by atoms with Gasteiger partial charge in [-0.05, 0) is 29.2 Å². The van der Waals surface area contributed by atoms with Crippen LogP contribution in [0.2, 0.25) is 0 Å². The van der Waals surface area contributed by atoms with Crippen molar-refractivity contribution in [2.24, 2.45) is 5.73 Å². The van der Waals surface area contributed by atoms with Crippen LogP contribution in [0, 0.1) is 11.6 Å².